The minimum atomic E-state index is -1.01. The number of rotatable bonds is 2. The minimum Gasteiger partial charge on any atom is -0.478 e. The second-order valence-corrected chi connectivity index (χ2v) is 3.26. The average Bonchev–Trinajstić information content (AvgIpc) is 2.34. The van der Waals surface area contributed by atoms with E-state index >= 15 is 0 Å². The Labute approximate surface area is 72.7 Å². The van der Waals surface area contributed by atoms with Crippen LogP contribution < -0.4 is 0 Å². The fourth-order valence-corrected chi connectivity index (χ4v) is 1.62. The number of aliphatic carboxylic acids is 1. The zero-order valence-corrected chi connectivity index (χ0v) is 7.08. The molecule has 1 aromatic heterocycles. The molecule has 0 unspecified atom stereocenters. The third kappa shape index (κ3) is 1.82. The van der Waals surface area contributed by atoms with E-state index in [4.69, 9.17) is 16.7 Å². The Morgan fingerprint density at radius 1 is 1.73 bits per heavy atom. The third-order valence-corrected chi connectivity index (χ3v) is 2.46. The van der Waals surface area contributed by atoms with Crippen molar-refractivity contribution < 1.29 is 9.90 Å². The van der Waals surface area contributed by atoms with E-state index in [0.717, 1.165) is 0 Å². The Morgan fingerprint density at radius 2 is 2.36 bits per heavy atom. The number of carboxylic acids is 1. The highest BCUT2D eigenvalue weighted by Crippen LogP contribution is 2.24. The molecular formula is C7H5ClO2S. The second-order valence-electron chi connectivity index (χ2n) is 1.91. The van der Waals surface area contributed by atoms with Crippen molar-refractivity contribution in [1.29, 1.82) is 0 Å². The normalized spacial score (nSPS) is 9.55. The van der Waals surface area contributed by atoms with Crippen molar-refractivity contribution in [1.82, 2.24) is 0 Å². The van der Waals surface area contributed by atoms with Crippen LogP contribution in [-0.4, -0.2) is 11.1 Å². The van der Waals surface area contributed by atoms with E-state index in [1.54, 1.807) is 11.4 Å². The highest BCUT2D eigenvalue weighted by molar-refractivity contribution is 7.12. The van der Waals surface area contributed by atoms with E-state index in [1.165, 1.54) is 11.3 Å². The first-order valence-electron chi connectivity index (χ1n) is 2.78. The van der Waals surface area contributed by atoms with Gasteiger partial charge < -0.3 is 5.11 Å². The fraction of sp³-hybridized carbons (Fsp3) is 0. The molecule has 0 saturated heterocycles. The molecule has 0 aliphatic heterocycles. The van der Waals surface area contributed by atoms with Gasteiger partial charge in [0.1, 0.15) is 0 Å². The Morgan fingerprint density at radius 3 is 2.73 bits per heavy atom. The predicted octanol–water partition coefficient (Wildman–Crippen LogP) is 2.50. The van der Waals surface area contributed by atoms with Crippen molar-refractivity contribution in [3.8, 4) is 0 Å². The topological polar surface area (TPSA) is 37.3 Å². The predicted molar refractivity (Wildman–Crippen MR) is 46.0 cm³/mol. The number of hydrogen-bond donors (Lipinski definition) is 1. The summed E-state index contributed by atoms with van der Waals surface area (Å²) >= 11 is 6.86. The van der Waals surface area contributed by atoms with E-state index in [-0.39, 0.29) is 5.57 Å². The Balaban J connectivity index is 2.94. The van der Waals surface area contributed by atoms with E-state index < -0.39 is 5.97 Å². The molecular weight excluding hydrogens is 184 g/mol. The summed E-state index contributed by atoms with van der Waals surface area (Å²) in [6.45, 7) is 3.39. The number of carboxylic acid groups (broad SMARTS) is 1. The second kappa shape index (κ2) is 3.07. The molecule has 0 fully saturated rings. The van der Waals surface area contributed by atoms with Crippen LogP contribution in [0.2, 0.25) is 5.02 Å². The lowest BCUT2D eigenvalue weighted by molar-refractivity contribution is -0.130. The van der Waals surface area contributed by atoms with Crippen LogP contribution in [0.5, 0.6) is 0 Å². The Bertz CT molecular complexity index is 303. The van der Waals surface area contributed by atoms with Gasteiger partial charge in [-0.15, -0.1) is 11.3 Å². The van der Waals surface area contributed by atoms with Crippen molar-refractivity contribution in [2.45, 2.75) is 0 Å². The molecule has 1 heterocycles. The lowest BCUT2D eigenvalue weighted by atomic mass is 10.2. The first-order valence-corrected chi connectivity index (χ1v) is 4.03. The van der Waals surface area contributed by atoms with Gasteiger partial charge in [0.2, 0.25) is 0 Å². The smallest absolute Gasteiger partial charge is 0.336 e. The molecule has 58 valence electrons. The summed E-state index contributed by atoms with van der Waals surface area (Å²) in [5.74, 6) is -1.01. The van der Waals surface area contributed by atoms with Crippen LogP contribution in [-0.2, 0) is 4.79 Å². The van der Waals surface area contributed by atoms with Crippen LogP contribution in [0.25, 0.3) is 5.57 Å². The summed E-state index contributed by atoms with van der Waals surface area (Å²) < 4.78 is 0. The van der Waals surface area contributed by atoms with Gasteiger partial charge >= 0.3 is 5.97 Å². The largest absolute Gasteiger partial charge is 0.478 e. The zero-order chi connectivity index (χ0) is 8.43. The molecule has 1 aromatic rings. The van der Waals surface area contributed by atoms with E-state index in [9.17, 15) is 4.79 Å². The summed E-state index contributed by atoms with van der Waals surface area (Å²) in [7, 11) is 0. The van der Waals surface area contributed by atoms with Gasteiger partial charge in [0.05, 0.1) is 10.6 Å². The minimum absolute atomic E-state index is 0.0851. The fourth-order valence-electron chi connectivity index (χ4n) is 0.577. The maximum Gasteiger partial charge on any atom is 0.336 e. The van der Waals surface area contributed by atoms with E-state index in [1.807, 2.05) is 0 Å². The molecule has 11 heavy (non-hydrogen) atoms. The number of hydrogen-bond acceptors (Lipinski definition) is 2. The average molecular weight is 189 g/mol. The van der Waals surface area contributed by atoms with Crippen LogP contribution in [0.3, 0.4) is 0 Å². The van der Waals surface area contributed by atoms with Gasteiger partial charge in [-0.25, -0.2) is 4.79 Å². The molecule has 0 aliphatic rings. The SMILES string of the molecule is C=C(C(=O)O)c1cc(Cl)cs1. The number of halogens is 1. The first-order chi connectivity index (χ1) is 5.11. The standard InChI is InChI=1S/C7H5ClO2S/c1-4(7(9)10)6-2-5(8)3-11-6/h2-3H,1H2,(H,9,10). The summed E-state index contributed by atoms with van der Waals surface area (Å²) in [6.07, 6.45) is 0. The van der Waals surface area contributed by atoms with Gasteiger partial charge in [0.25, 0.3) is 0 Å². The van der Waals surface area contributed by atoms with Gasteiger partial charge in [-0.1, -0.05) is 18.2 Å². The Hall–Kier alpha value is -0.800. The first kappa shape index (κ1) is 8.30. The molecule has 1 rings (SSSR count). The monoisotopic (exact) mass is 188 g/mol. The maximum atomic E-state index is 10.4. The quantitative estimate of drug-likeness (QED) is 0.725. The van der Waals surface area contributed by atoms with Crippen molar-refractivity contribution in [3.05, 3.63) is 27.9 Å². The molecule has 4 heteroatoms. The molecule has 0 amide bonds. The third-order valence-electron chi connectivity index (χ3n) is 1.12. The van der Waals surface area contributed by atoms with Crippen LogP contribution in [0, 0.1) is 0 Å². The van der Waals surface area contributed by atoms with Gasteiger partial charge in [0, 0.05) is 10.3 Å². The van der Waals surface area contributed by atoms with Crippen molar-refractivity contribution in [2.24, 2.45) is 0 Å². The van der Waals surface area contributed by atoms with Crippen molar-refractivity contribution in [2.75, 3.05) is 0 Å². The maximum absolute atomic E-state index is 10.4. The van der Waals surface area contributed by atoms with Gasteiger partial charge in [-0.3, -0.25) is 0 Å². The summed E-state index contributed by atoms with van der Waals surface area (Å²) in [6, 6.07) is 1.59. The molecule has 0 atom stereocenters. The van der Waals surface area contributed by atoms with Gasteiger partial charge in [-0.2, -0.15) is 0 Å². The summed E-state index contributed by atoms with van der Waals surface area (Å²) in [5.41, 5.74) is 0.0851. The van der Waals surface area contributed by atoms with Crippen LogP contribution in [0.4, 0.5) is 0 Å². The lowest BCUT2D eigenvalue weighted by Gasteiger charge is -1.91. The molecule has 1 N–H and O–H groups in total. The number of carbonyl (C=O) groups is 1. The van der Waals surface area contributed by atoms with Crippen LogP contribution >= 0.6 is 22.9 Å². The molecule has 0 radical (unpaired) electrons. The van der Waals surface area contributed by atoms with E-state index in [2.05, 4.69) is 6.58 Å². The summed E-state index contributed by atoms with van der Waals surface area (Å²) in [5, 5.41) is 10.7. The van der Waals surface area contributed by atoms with Crippen molar-refractivity contribution >= 4 is 34.5 Å². The molecule has 0 bridgehead atoms. The molecule has 0 spiro atoms. The highest BCUT2D eigenvalue weighted by Gasteiger charge is 2.08. The lowest BCUT2D eigenvalue weighted by Crippen LogP contribution is -1.94. The van der Waals surface area contributed by atoms with E-state index in [0.29, 0.717) is 9.90 Å². The van der Waals surface area contributed by atoms with Gasteiger partial charge in [-0.05, 0) is 6.07 Å². The number of thiophene rings is 1. The summed E-state index contributed by atoms with van der Waals surface area (Å²) in [4.78, 5) is 11.0. The highest BCUT2D eigenvalue weighted by atomic mass is 35.5. The van der Waals surface area contributed by atoms with Gasteiger partial charge in [0.15, 0.2) is 0 Å². The molecule has 2 nitrogen and oxygen atoms in total. The van der Waals surface area contributed by atoms with Crippen LogP contribution in [0.1, 0.15) is 4.88 Å². The molecule has 0 aliphatic carbocycles. The van der Waals surface area contributed by atoms with Crippen molar-refractivity contribution in [3.63, 3.8) is 0 Å². The zero-order valence-electron chi connectivity index (χ0n) is 5.50. The Kier molecular flexibility index (Phi) is 2.31. The molecule has 0 aromatic carbocycles. The van der Waals surface area contributed by atoms with Crippen LogP contribution in [0.15, 0.2) is 18.0 Å². The molecule has 0 saturated carbocycles.